The smallest absolute Gasteiger partial charge is 0.272 e. The van der Waals surface area contributed by atoms with Gasteiger partial charge >= 0.3 is 0 Å². The zero-order valence-corrected chi connectivity index (χ0v) is 18.0. The highest BCUT2D eigenvalue weighted by Crippen LogP contribution is 2.29. The molecule has 3 heterocycles. The Balaban J connectivity index is 1.72. The number of imidazole rings is 1. The van der Waals surface area contributed by atoms with Crippen LogP contribution in [-0.4, -0.2) is 51.6 Å². The van der Waals surface area contributed by atoms with Gasteiger partial charge in [0.2, 0.25) is 0 Å². The number of carbonyl (C=O) groups is 1. The summed E-state index contributed by atoms with van der Waals surface area (Å²) in [5.74, 6) is 0.626. The molecule has 31 heavy (non-hydrogen) atoms. The van der Waals surface area contributed by atoms with Gasteiger partial charge in [0.25, 0.3) is 5.91 Å². The van der Waals surface area contributed by atoms with Gasteiger partial charge in [-0.05, 0) is 49.6 Å². The third-order valence-corrected chi connectivity index (χ3v) is 5.51. The first-order valence-electron chi connectivity index (χ1n) is 10.1. The molecule has 1 saturated heterocycles. The van der Waals surface area contributed by atoms with Gasteiger partial charge in [-0.15, -0.1) is 0 Å². The van der Waals surface area contributed by atoms with E-state index in [1.807, 2.05) is 41.9 Å². The topological polar surface area (TPSA) is 86.3 Å². The molecule has 1 aliphatic heterocycles. The second kappa shape index (κ2) is 9.32. The van der Waals surface area contributed by atoms with Crippen molar-refractivity contribution in [1.29, 1.82) is 0 Å². The van der Waals surface area contributed by atoms with Gasteiger partial charge in [0.1, 0.15) is 11.5 Å². The Morgan fingerprint density at radius 3 is 2.77 bits per heavy atom. The molecule has 8 heteroatoms. The molecule has 0 aromatic carbocycles. The lowest BCUT2D eigenvalue weighted by molar-refractivity contribution is 0.0299. The molecule has 0 spiro atoms. The Kier molecular flexibility index (Phi) is 6.34. The van der Waals surface area contributed by atoms with Gasteiger partial charge in [-0.3, -0.25) is 14.3 Å². The van der Waals surface area contributed by atoms with Crippen LogP contribution in [0.25, 0.3) is 23.2 Å². The molecular weight excluding hydrogens is 414 g/mol. The maximum absolute atomic E-state index is 12.7. The van der Waals surface area contributed by atoms with Crippen molar-refractivity contribution in [3.8, 4) is 11.4 Å². The van der Waals surface area contributed by atoms with Gasteiger partial charge < -0.3 is 15.4 Å². The van der Waals surface area contributed by atoms with Gasteiger partial charge in [-0.25, -0.2) is 4.98 Å². The monoisotopic (exact) mass is 437 g/mol. The normalized spacial score (nSPS) is 16.9. The average Bonchev–Trinajstić information content (AvgIpc) is 2.97. The molecule has 7 nitrogen and oxygen atoms in total. The highest BCUT2D eigenvalue weighted by molar-refractivity contribution is 6.29. The predicted molar refractivity (Wildman–Crippen MR) is 122 cm³/mol. The zero-order chi connectivity index (χ0) is 21.8. The van der Waals surface area contributed by atoms with Gasteiger partial charge in [0, 0.05) is 47.7 Å². The molecule has 1 fully saturated rings. The highest BCUT2D eigenvalue weighted by atomic mass is 35.5. The molecule has 0 radical (unpaired) electrons. The fourth-order valence-electron chi connectivity index (χ4n) is 3.60. The molecule has 2 aromatic heterocycles. The lowest BCUT2D eigenvalue weighted by Gasteiger charge is -2.26. The minimum atomic E-state index is -0.0877. The van der Waals surface area contributed by atoms with Gasteiger partial charge in [0.05, 0.1) is 18.9 Å². The van der Waals surface area contributed by atoms with Crippen LogP contribution < -0.4 is 5.73 Å². The Hall–Kier alpha value is -3.16. The molecule has 0 atom stereocenters. The van der Waals surface area contributed by atoms with E-state index in [1.54, 1.807) is 23.2 Å². The Labute approximate surface area is 186 Å². The van der Waals surface area contributed by atoms with Gasteiger partial charge in [0.15, 0.2) is 0 Å². The summed E-state index contributed by atoms with van der Waals surface area (Å²) in [5, 5.41) is 0.764. The molecule has 2 N–H and O–H groups in total. The fraction of sp³-hybridized carbons (Fsp3) is 0.261. The number of morpholine rings is 1. The fourth-order valence-corrected chi connectivity index (χ4v) is 3.75. The summed E-state index contributed by atoms with van der Waals surface area (Å²) in [5.41, 5.74) is 9.46. The van der Waals surface area contributed by atoms with E-state index in [4.69, 9.17) is 27.1 Å². The number of pyridine rings is 1. The summed E-state index contributed by atoms with van der Waals surface area (Å²) >= 11 is 6.20. The minimum absolute atomic E-state index is 0.0877. The van der Waals surface area contributed by atoms with Crippen molar-refractivity contribution in [3.63, 3.8) is 0 Å². The molecule has 2 aliphatic rings. The molecule has 160 valence electrons. The third kappa shape index (κ3) is 4.47. The Morgan fingerprint density at radius 1 is 1.26 bits per heavy atom. The zero-order valence-electron chi connectivity index (χ0n) is 17.3. The van der Waals surface area contributed by atoms with Crippen molar-refractivity contribution in [2.45, 2.75) is 13.3 Å². The molecule has 4 rings (SSSR count). The largest absolute Gasteiger partial charge is 0.405 e. The Bertz CT molecular complexity index is 1090. The highest BCUT2D eigenvalue weighted by Gasteiger charge is 2.21. The van der Waals surface area contributed by atoms with E-state index in [9.17, 15) is 4.79 Å². The lowest BCUT2D eigenvalue weighted by atomic mass is 10.2. The third-order valence-electron chi connectivity index (χ3n) is 5.23. The number of hydrogen-bond acceptors (Lipinski definition) is 5. The molecular formula is C23H24ClN5O2. The van der Waals surface area contributed by atoms with Crippen LogP contribution in [0.3, 0.4) is 0 Å². The maximum Gasteiger partial charge on any atom is 0.272 e. The van der Waals surface area contributed by atoms with E-state index in [1.165, 1.54) is 6.20 Å². The molecule has 1 amide bonds. The SMILES string of the molecule is Cc1c(/C=C\N)nc(-c2ccc(C(=O)N3CCOCC3)nc2)n1C1=CC=C(Cl)CC=C1. The summed E-state index contributed by atoms with van der Waals surface area (Å²) in [4.78, 5) is 23.7. The van der Waals surface area contributed by atoms with E-state index in [0.29, 0.717) is 44.2 Å². The summed E-state index contributed by atoms with van der Waals surface area (Å²) in [6, 6.07) is 3.62. The van der Waals surface area contributed by atoms with Crippen LogP contribution in [0.1, 0.15) is 28.3 Å². The second-order valence-electron chi connectivity index (χ2n) is 7.25. The van der Waals surface area contributed by atoms with E-state index >= 15 is 0 Å². The van der Waals surface area contributed by atoms with Crippen LogP contribution in [0, 0.1) is 6.92 Å². The number of halogens is 1. The molecule has 0 bridgehead atoms. The summed E-state index contributed by atoms with van der Waals surface area (Å²) < 4.78 is 7.36. The number of aromatic nitrogens is 3. The van der Waals surface area contributed by atoms with E-state index in [2.05, 4.69) is 4.98 Å². The first-order valence-corrected chi connectivity index (χ1v) is 10.5. The van der Waals surface area contributed by atoms with E-state index < -0.39 is 0 Å². The first-order chi connectivity index (χ1) is 15.1. The van der Waals surface area contributed by atoms with Crippen LogP contribution in [0.4, 0.5) is 0 Å². The number of nitrogens with two attached hydrogens (primary N) is 1. The van der Waals surface area contributed by atoms with Crippen molar-refractivity contribution >= 4 is 29.3 Å². The lowest BCUT2D eigenvalue weighted by Crippen LogP contribution is -2.41. The summed E-state index contributed by atoms with van der Waals surface area (Å²) in [6.45, 7) is 4.26. The molecule has 0 saturated carbocycles. The van der Waals surface area contributed by atoms with Crippen LogP contribution in [-0.2, 0) is 4.74 Å². The predicted octanol–water partition coefficient (Wildman–Crippen LogP) is 3.58. The minimum Gasteiger partial charge on any atom is -0.405 e. The number of nitrogens with zero attached hydrogens (tertiary/aromatic N) is 4. The number of rotatable bonds is 4. The van der Waals surface area contributed by atoms with Crippen LogP contribution in [0.15, 0.2) is 53.9 Å². The molecule has 1 aliphatic carbocycles. The maximum atomic E-state index is 12.7. The summed E-state index contributed by atoms with van der Waals surface area (Å²) in [6.07, 6.45) is 13.5. The standard InChI is InChI=1S/C23H24ClN5O2/c1-16-20(9-10-25)27-22(29(16)19-4-2-3-18(24)6-7-19)17-5-8-21(26-15-17)23(30)28-11-13-31-14-12-28/h2,4-10,15H,3,11-14,25H2,1H3/b10-9-. The van der Waals surface area contributed by atoms with Crippen molar-refractivity contribution in [2.24, 2.45) is 5.73 Å². The van der Waals surface area contributed by atoms with Crippen molar-refractivity contribution < 1.29 is 9.53 Å². The average molecular weight is 438 g/mol. The molecule has 2 aromatic rings. The van der Waals surface area contributed by atoms with Gasteiger partial charge in [-0.2, -0.15) is 0 Å². The van der Waals surface area contributed by atoms with Crippen molar-refractivity contribution in [1.82, 2.24) is 19.4 Å². The van der Waals surface area contributed by atoms with Crippen LogP contribution in [0.5, 0.6) is 0 Å². The number of allylic oxidation sites excluding steroid dienone is 6. The number of amides is 1. The van der Waals surface area contributed by atoms with Crippen molar-refractivity contribution in [2.75, 3.05) is 26.3 Å². The quantitative estimate of drug-likeness (QED) is 0.790. The van der Waals surface area contributed by atoms with Crippen molar-refractivity contribution in [3.05, 3.63) is 70.9 Å². The second-order valence-corrected chi connectivity index (χ2v) is 7.73. The number of hydrogen-bond donors (Lipinski definition) is 1. The van der Waals surface area contributed by atoms with Crippen LogP contribution >= 0.6 is 11.6 Å². The van der Waals surface area contributed by atoms with Crippen LogP contribution in [0.2, 0.25) is 0 Å². The van der Waals surface area contributed by atoms with Gasteiger partial charge in [-0.1, -0.05) is 17.7 Å². The first kappa shape index (κ1) is 21.1. The Morgan fingerprint density at radius 2 is 2.06 bits per heavy atom. The molecule has 0 unspecified atom stereocenters. The van der Waals surface area contributed by atoms with E-state index in [-0.39, 0.29) is 5.91 Å². The number of carbonyl (C=O) groups excluding carboxylic acids is 1. The number of ether oxygens (including phenoxy) is 1. The van der Waals surface area contributed by atoms with E-state index in [0.717, 1.165) is 27.7 Å². The summed E-state index contributed by atoms with van der Waals surface area (Å²) in [7, 11) is 0.